The standard InChI is InChI=1S/C23H27Cl2FN2O2S/c1-3-11-27-23(30)21(4-2)28(13-16-5-9-19(26)10-6-16)22(29)15-31-14-17-7-8-18(24)12-20(17)25/h5-10,12,21H,3-4,11,13-15H2,1-2H3,(H,27,30). The van der Waals surface area contributed by atoms with Crippen LogP contribution in [0.1, 0.15) is 37.8 Å². The molecule has 2 rings (SSSR count). The van der Waals surface area contributed by atoms with Crippen molar-refractivity contribution in [3.8, 4) is 0 Å². The number of thioether (sulfide) groups is 1. The highest BCUT2D eigenvalue weighted by molar-refractivity contribution is 7.99. The first kappa shape index (κ1) is 25.5. The molecule has 2 aromatic carbocycles. The van der Waals surface area contributed by atoms with Crippen LogP contribution in [0, 0.1) is 5.82 Å². The number of benzene rings is 2. The number of hydrogen-bond donors (Lipinski definition) is 1. The molecule has 31 heavy (non-hydrogen) atoms. The van der Waals surface area contributed by atoms with E-state index >= 15 is 0 Å². The maximum absolute atomic E-state index is 13.3. The number of nitrogens with zero attached hydrogens (tertiary/aromatic N) is 1. The average molecular weight is 485 g/mol. The van der Waals surface area contributed by atoms with Gasteiger partial charge in [0.25, 0.3) is 0 Å². The van der Waals surface area contributed by atoms with Gasteiger partial charge in [0, 0.05) is 28.9 Å². The van der Waals surface area contributed by atoms with Crippen molar-refractivity contribution in [2.45, 2.75) is 45.0 Å². The van der Waals surface area contributed by atoms with Crippen LogP contribution in [-0.4, -0.2) is 35.1 Å². The zero-order valence-corrected chi connectivity index (χ0v) is 20.0. The van der Waals surface area contributed by atoms with Crippen LogP contribution in [0.4, 0.5) is 4.39 Å². The van der Waals surface area contributed by atoms with E-state index in [1.807, 2.05) is 19.9 Å². The second-order valence-electron chi connectivity index (χ2n) is 7.09. The Balaban J connectivity index is 2.11. The Morgan fingerprint density at radius 1 is 1.13 bits per heavy atom. The number of rotatable bonds is 11. The Kier molecular flexibility index (Phi) is 10.6. The van der Waals surface area contributed by atoms with Crippen molar-refractivity contribution in [2.24, 2.45) is 0 Å². The summed E-state index contributed by atoms with van der Waals surface area (Å²) in [5, 5.41) is 3.99. The minimum atomic E-state index is -0.594. The number of carbonyl (C=O) groups excluding carboxylic acids is 2. The van der Waals surface area contributed by atoms with Gasteiger partial charge in [0.15, 0.2) is 0 Å². The molecule has 0 saturated carbocycles. The molecule has 0 radical (unpaired) electrons. The van der Waals surface area contributed by atoms with Crippen LogP contribution in [0.5, 0.6) is 0 Å². The van der Waals surface area contributed by atoms with Crippen molar-refractivity contribution >= 4 is 46.8 Å². The van der Waals surface area contributed by atoms with Gasteiger partial charge >= 0.3 is 0 Å². The lowest BCUT2D eigenvalue weighted by atomic mass is 10.1. The van der Waals surface area contributed by atoms with Gasteiger partial charge in [-0.2, -0.15) is 0 Å². The quantitative estimate of drug-likeness (QED) is 0.444. The van der Waals surface area contributed by atoms with Crippen molar-refractivity contribution < 1.29 is 14.0 Å². The lowest BCUT2D eigenvalue weighted by Gasteiger charge is -2.30. The molecule has 168 valence electrons. The van der Waals surface area contributed by atoms with Gasteiger partial charge in [0.2, 0.25) is 11.8 Å². The van der Waals surface area contributed by atoms with Crippen molar-refractivity contribution in [1.29, 1.82) is 0 Å². The molecule has 0 saturated heterocycles. The van der Waals surface area contributed by atoms with E-state index in [2.05, 4.69) is 5.32 Å². The highest BCUT2D eigenvalue weighted by atomic mass is 35.5. The summed E-state index contributed by atoms with van der Waals surface area (Å²) in [6, 6.07) is 10.7. The van der Waals surface area contributed by atoms with Crippen LogP contribution in [0.15, 0.2) is 42.5 Å². The summed E-state index contributed by atoms with van der Waals surface area (Å²) in [5.41, 5.74) is 1.66. The summed E-state index contributed by atoms with van der Waals surface area (Å²) in [5.74, 6) is 0.0658. The van der Waals surface area contributed by atoms with E-state index in [0.717, 1.165) is 17.5 Å². The molecule has 1 atom stereocenters. The summed E-state index contributed by atoms with van der Waals surface area (Å²) >= 11 is 13.6. The average Bonchev–Trinajstić information content (AvgIpc) is 2.74. The van der Waals surface area contributed by atoms with Gasteiger partial charge in [-0.3, -0.25) is 9.59 Å². The van der Waals surface area contributed by atoms with Crippen LogP contribution in [-0.2, 0) is 21.9 Å². The van der Waals surface area contributed by atoms with Gasteiger partial charge in [-0.15, -0.1) is 11.8 Å². The maximum Gasteiger partial charge on any atom is 0.242 e. The molecule has 4 nitrogen and oxygen atoms in total. The van der Waals surface area contributed by atoms with E-state index in [4.69, 9.17) is 23.2 Å². The molecule has 0 aliphatic heterocycles. The van der Waals surface area contributed by atoms with Crippen LogP contribution in [0.2, 0.25) is 10.0 Å². The molecular weight excluding hydrogens is 458 g/mol. The molecular formula is C23H27Cl2FN2O2S. The molecule has 0 fully saturated rings. The van der Waals surface area contributed by atoms with Gasteiger partial charge < -0.3 is 10.2 Å². The zero-order chi connectivity index (χ0) is 22.8. The first-order valence-corrected chi connectivity index (χ1v) is 12.1. The van der Waals surface area contributed by atoms with Crippen molar-refractivity contribution in [2.75, 3.05) is 12.3 Å². The minimum absolute atomic E-state index is 0.155. The third-order valence-corrected chi connectivity index (χ3v) is 6.25. The molecule has 0 aromatic heterocycles. The van der Waals surface area contributed by atoms with E-state index in [9.17, 15) is 14.0 Å². The van der Waals surface area contributed by atoms with E-state index < -0.39 is 6.04 Å². The predicted molar refractivity (Wildman–Crippen MR) is 127 cm³/mol. The highest BCUT2D eigenvalue weighted by Gasteiger charge is 2.28. The van der Waals surface area contributed by atoms with Crippen LogP contribution in [0.25, 0.3) is 0 Å². The summed E-state index contributed by atoms with van der Waals surface area (Å²) in [6.45, 7) is 4.64. The van der Waals surface area contributed by atoms with E-state index in [1.54, 1.807) is 29.2 Å². The third-order valence-electron chi connectivity index (χ3n) is 4.70. The molecule has 1 N–H and O–H groups in total. The number of carbonyl (C=O) groups is 2. The summed E-state index contributed by atoms with van der Waals surface area (Å²) in [7, 11) is 0. The van der Waals surface area contributed by atoms with Gasteiger partial charge in [0.1, 0.15) is 11.9 Å². The number of nitrogens with one attached hydrogen (secondary N) is 1. The predicted octanol–water partition coefficient (Wildman–Crippen LogP) is 5.70. The fourth-order valence-corrected chi connectivity index (χ4v) is 4.51. The largest absolute Gasteiger partial charge is 0.354 e. The van der Waals surface area contributed by atoms with Crippen molar-refractivity contribution in [1.82, 2.24) is 10.2 Å². The SMILES string of the molecule is CCCNC(=O)C(CC)N(Cc1ccc(F)cc1)C(=O)CSCc1ccc(Cl)cc1Cl. The molecule has 2 amide bonds. The molecule has 0 bridgehead atoms. The maximum atomic E-state index is 13.3. The summed E-state index contributed by atoms with van der Waals surface area (Å²) in [4.78, 5) is 27.4. The first-order chi connectivity index (χ1) is 14.8. The van der Waals surface area contributed by atoms with Gasteiger partial charge in [0.05, 0.1) is 5.75 Å². The van der Waals surface area contributed by atoms with Crippen LogP contribution in [0.3, 0.4) is 0 Å². The lowest BCUT2D eigenvalue weighted by molar-refractivity contribution is -0.139. The Morgan fingerprint density at radius 2 is 1.84 bits per heavy atom. The van der Waals surface area contributed by atoms with E-state index in [1.165, 1.54) is 23.9 Å². The highest BCUT2D eigenvalue weighted by Crippen LogP contribution is 2.25. The Bertz CT molecular complexity index is 880. The first-order valence-electron chi connectivity index (χ1n) is 10.2. The fraction of sp³-hybridized carbons (Fsp3) is 0.391. The number of halogens is 3. The van der Waals surface area contributed by atoms with Crippen molar-refractivity contribution in [3.05, 3.63) is 69.5 Å². The molecule has 0 aliphatic carbocycles. The summed E-state index contributed by atoms with van der Waals surface area (Å²) in [6.07, 6.45) is 1.29. The molecule has 8 heteroatoms. The minimum Gasteiger partial charge on any atom is -0.354 e. The van der Waals surface area contributed by atoms with Gasteiger partial charge in [-0.25, -0.2) is 4.39 Å². The monoisotopic (exact) mass is 484 g/mol. The second kappa shape index (κ2) is 12.9. The molecule has 0 spiro atoms. The molecule has 1 unspecified atom stereocenters. The zero-order valence-electron chi connectivity index (χ0n) is 17.7. The second-order valence-corrected chi connectivity index (χ2v) is 8.92. The Morgan fingerprint density at radius 3 is 2.45 bits per heavy atom. The normalized spacial score (nSPS) is 11.8. The number of amides is 2. The van der Waals surface area contributed by atoms with E-state index in [0.29, 0.717) is 28.8 Å². The fourth-order valence-electron chi connectivity index (χ4n) is 3.04. The van der Waals surface area contributed by atoms with Gasteiger partial charge in [-0.05, 0) is 48.2 Å². The van der Waals surface area contributed by atoms with Crippen molar-refractivity contribution in [3.63, 3.8) is 0 Å². The smallest absolute Gasteiger partial charge is 0.242 e. The third kappa shape index (κ3) is 8.02. The topological polar surface area (TPSA) is 49.4 Å². The van der Waals surface area contributed by atoms with Gasteiger partial charge in [-0.1, -0.05) is 55.2 Å². The Labute approximate surface area is 197 Å². The lowest BCUT2D eigenvalue weighted by Crippen LogP contribution is -2.49. The molecule has 0 heterocycles. The van der Waals surface area contributed by atoms with Crippen LogP contribution < -0.4 is 5.32 Å². The summed E-state index contributed by atoms with van der Waals surface area (Å²) < 4.78 is 13.3. The Hall–Kier alpha value is -1.76. The van der Waals surface area contributed by atoms with Crippen LogP contribution >= 0.6 is 35.0 Å². The molecule has 2 aromatic rings. The van der Waals surface area contributed by atoms with E-state index in [-0.39, 0.29) is 29.9 Å². The number of hydrogen-bond acceptors (Lipinski definition) is 3. The molecule has 0 aliphatic rings.